The Kier molecular flexibility index (Phi) is 5.93. The van der Waals surface area contributed by atoms with Crippen LogP contribution in [0, 0.1) is 0 Å². The molecule has 0 atom stereocenters. The van der Waals surface area contributed by atoms with E-state index in [2.05, 4.69) is 49.2 Å². The maximum absolute atomic E-state index is 12.8. The number of fused-ring (bicyclic) bond motifs is 1. The second kappa shape index (κ2) is 9.17. The number of benzene rings is 2. The molecule has 4 aromatic rings. The lowest BCUT2D eigenvalue weighted by Crippen LogP contribution is -2.45. The molecule has 0 aliphatic carbocycles. The highest BCUT2D eigenvalue weighted by Gasteiger charge is 2.14. The number of hydrogen-bond donors (Lipinski definition) is 2. The van der Waals surface area contributed by atoms with Crippen molar-refractivity contribution in [2.75, 3.05) is 45.1 Å². The van der Waals surface area contributed by atoms with Gasteiger partial charge in [0.05, 0.1) is 11.0 Å². The molecule has 1 amide bonds. The number of H-pyrrole nitrogens is 1. The molecule has 2 aromatic heterocycles. The fraction of sp³-hybridized carbons (Fsp3) is 0.320. The van der Waals surface area contributed by atoms with E-state index in [1.807, 2.05) is 42.1 Å². The van der Waals surface area contributed by atoms with Gasteiger partial charge < -0.3 is 24.7 Å². The summed E-state index contributed by atoms with van der Waals surface area (Å²) in [6.45, 7) is 5.62. The van der Waals surface area contributed by atoms with Crippen molar-refractivity contribution in [1.29, 1.82) is 0 Å². The number of hydrogen-bond acceptors (Lipinski definition) is 5. The molecule has 8 nitrogen and oxygen atoms in total. The Morgan fingerprint density at radius 1 is 1.06 bits per heavy atom. The normalized spacial score (nSPS) is 15.2. The summed E-state index contributed by atoms with van der Waals surface area (Å²) in [5, 5.41) is 3.00. The number of nitrogens with zero attached hydrogens (tertiary/aromatic N) is 5. The van der Waals surface area contributed by atoms with Gasteiger partial charge in [-0.1, -0.05) is 12.1 Å². The minimum atomic E-state index is -0.143. The molecule has 0 radical (unpaired) electrons. The van der Waals surface area contributed by atoms with Crippen molar-refractivity contribution in [3.63, 3.8) is 0 Å². The van der Waals surface area contributed by atoms with Gasteiger partial charge in [-0.3, -0.25) is 4.79 Å². The van der Waals surface area contributed by atoms with Crippen LogP contribution in [0.5, 0.6) is 0 Å². The Morgan fingerprint density at radius 3 is 2.58 bits per heavy atom. The monoisotopic (exact) mass is 443 g/mol. The zero-order valence-electron chi connectivity index (χ0n) is 19.1. The summed E-state index contributed by atoms with van der Waals surface area (Å²) < 4.78 is 1.90. The molecule has 2 aromatic carbocycles. The lowest BCUT2D eigenvalue weighted by Gasteiger charge is -2.32. The van der Waals surface area contributed by atoms with E-state index in [0.717, 1.165) is 61.7 Å². The maximum Gasteiger partial charge on any atom is 0.255 e. The predicted octanol–water partition coefficient (Wildman–Crippen LogP) is 3.01. The van der Waals surface area contributed by atoms with Gasteiger partial charge >= 0.3 is 0 Å². The first-order valence-electron chi connectivity index (χ1n) is 11.3. The highest BCUT2D eigenvalue weighted by Crippen LogP contribution is 2.21. The van der Waals surface area contributed by atoms with Crippen LogP contribution >= 0.6 is 0 Å². The minimum absolute atomic E-state index is 0.143. The number of nitrogens with one attached hydrogen (secondary N) is 2. The van der Waals surface area contributed by atoms with Crippen molar-refractivity contribution < 1.29 is 4.79 Å². The fourth-order valence-electron chi connectivity index (χ4n) is 4.17. The van der Waals surface area contributed by atoms with Crippen molar-refractivity contribution >= 4 is 22.6 Å². The highest BCUT2D eigenvalue weighted by atomic mass is 16.1. The molecule has 170 valence electrons. The van der Waals surface area contributed by atoms with Crippen LogP contribution in [0.4, 0.5) is 5.69 Å². The van der Waals surface area contributed by atoms with E-state index in [1.54, 1.807) is 12.3 Å². The standard InChI is InChI=1S/C25H29N7O/c1-30-13-15-32(16-14-30)11-9-18-3-6-20(7-4-18)27-25(33)19-5-8-21-22(17-19)29-23(28-21)24-26-10-12-31(24)2/h3-8,10,12,17H,9,11,13-16H2,1-2H3,(H,27,33)(H,28,29). The zero-order chi connectivity index (χ0) is 22.8. The molecule has 5 rings (SSSR count). The van der Waals surface area contributed by atoms with Crippen molar-refractivity contribution in [1.82, 2.24) is 29.3 Å². The summed E-state index contributed by atoms with van der Waals surface area (Å²) in [7, 11) is 4.10. The van der Waals surface area contributed by atoms with Crippen LogP contribution in [-0.2, 0) is 13.5 Å². The van der Waals surface area contributed by atoms with Crippen LogP contribution in [-0.4, -0.2) is 75.0 Å². The average Bonchev–Trinajstić information content (AvgIpc) is 3.44. The van der Waals surface area contributed by atoms with Gasteiger partial charge in [0.2, 0.25) is 0 Å². The number of anilines is 1. The zero-order valence-corrected chi connectivity index (χ0v) is 19.1. The summed E-state index contributed by atoms with van der Waals surface area (Å²) in [6.07, 6.45) is 4.63. The molecule has 0 unspecified atom stereocenters. The molecule has 1 aliphatic heterocycles. The smallest absolute Gasteiger partial charge is 0.255 e. The summed E-state index contributed by atoms with van der Waals surface area (Å²) in [6, 6.07) is 13.6. The third-order valence-electron chi connectivity index (χ3n) is 6.30. The second-order valence-corrected chi connectivity index (χ2v) is 8.73. The molecule has 0 saturated carbocycles. The molecule has 0 spiro atoms. The first-order chi connectivity index (χ1) is 16.0. The molecule has 2 N–H and O–H groups in total. The number of imidazole rings is 2. The minimum Gasteiger partial charge on any atom is -0.335 e. The van der Waals surface area contributed by atoms with Gasteiger partial charge in [-0.2, -0.15) is 0 Å². The van der Waals surface area contributed by atoms with Crippen molar-refractivity contribution in [2.24, 2.45) is 7.05 Å². The number of aromatic nitrogens is 4. The summed E-state index contributed by atoms with van der Waals surface area (Å²) >= 11 is 0. The SMILES string of the molecule is CN1CCN(CCc2ccc(NC(=O)c3ccc4nc(-c5nccn5C)[nH]c4c3)cc2)CC1. The van der Waals surface area contributed by atoms with Gasteiger partial charge in [0, 0.05) is 63.4 Å². The molecule has 33 heavy (non-hydrogen) atoms. The Morgan fingerprint density at radius 2 is 1.85 bits per heavy atom. The second-order valence-electron chi connectivity index (χ2n) is 8.73. The summed E-state index contributed by atoms with van der Waals surface area (Å²) in [5.74, 6) is 1.29. The first kappa shape index (κ1) is 21.4. The Hall–Kier alpha value is -3.49. The van der Waals surface area contributed by atoms with Crippen LogP contribution in [0.25, 0.3) is 22.7 Å². The molecule has 1 aliphatic rings. The van der Waals surface area contributed by atoms with E-state index < -0.39 is 0 Å². The number of piperazine rings is 1. The van der Waals surface area contributed by atoms with Gasteiger partial charge in [0.25, 0.3) is 5.91 Å². The van der Waals surface area contributed by atoms with E-state index in [0.29, 0.717) is 11.4 Å². The van der Waals surface area contributed by atoms with Gasteiger partial charge in [0.1, 0.15) is 0 Å². The van der Waals surface area contributed by atoms with Crippen molar-refractivity contribution in [2.45, 2.75) is 6.42 Å². The van der Waals surface area contributed by atoms with Crippen LogP contribution in [0.2, 0.25) is 0 Å². The van der Waals surface area contributed by atoms with Crippen LogP contribution in [0.1, 0.15) is 15.9 Å². The van der Waals surface area contributed by atoms with E-state index in [1.165, 1.54) is 5.56 Å². The third kappa shape index (κ3) is 4.81. The van der Waals surface area contributed by atoms with Crippen LogP contribution < -0.4 is 5.32 Å². The average molecular weight is 444 g/mol. The van der Waals surface area contributed by atoms with E-state index in [4.69, 9.17) is 0 Å². The largest absolute Gasteiger partial charge is 0.335 e. The van der Waals surface area contributed by atoms with Crippen molar-refractivity contribution in [3.05, 3.63) is 66.0 Å². The van der Waals surface area contributed by atoms with Gasteiger partial charge in [-0.05, 0) is 49.4 Å². The summed E-state index contributed by atoms with van der Waals surface area (Å²) in [4.78, 5) is 29.9. The molecular formula is C25H29N7O. The lowest BCUT2D eigenvalue weighted by atomic mass is 10.1. The molecule has 3 heterocycles. The van der Waals surface area contributed by atoms with Gasteiger partial charge in [-0.25, -0.2) is 9.97 Å². The number of carbonyl (C=O) groups is 1. The maximum atomic E-state index is 12.8. The Bertz CT molecular complexity index is 1250. The predicted molar refractivity (Wildman–Crippen MR) is 130 cm³/mol. The fourth-order valence-corrected chi connectivity index (χ4v) is 4.17. The number of likely N-dealkylation sites (N-methyl/N-ethyl adjacent to an activating group) is 1. The molecule has 8 heteroatoms. The molecule has 0 bridgehead atoms. The number of carbonyl (C=O) groups excluding carboxylic acids is 1. The molecule has 1 saturated heterocycles. The number of rotatable bonds is 6. The number of amides is 1. The Labute approximate surface area is 193 Å². The quantitative estimate of drug-likeness (QED) is 0.479. The van der Waals surface area contributed by atoms with E-state index >= 15 is 0 Å². The van der Waals surface area contributed by atoms with E-state index in [9.17, 15) is 4.79 Å². The van der Waals surface area contributed by atoms with E-state index in [-0.39, 0.29) is 5.91 Å². The van der Waals surface area contributed by atoms with Gasteiger partial charge in [-0.15, -0.1) is 0 Å². The lowest BCUT2D eigenvalue weighted by molar-refractivity contribution is 0.102. The molecular weight excluding hydrogens is 414 g/mol. The molecule has 1 fully saturated rings. The van der Waals surface area contributed by atoms with Crippen molar-refractivity contribution in [3.8, 4) is 11.6 Å². The van der Waals surface area contributed by atoms with Crippen LogP contribution in [0.15, 0.2) is 54.9 Å². The van der Waals surface area contributed by atoms with Gasteiger partial charge in [0.15, 0.2) is 11.6 Å². The Balaban J connectivity index is 1.21. The third-order valence-corrected chi connectivity index (χ3v) is 6.30. The first-order valence-corrected chi connectivity index (χ1v) is 11.3. The highest BCUT2D eigenvalue weighted by molar-refractivity contribution is 6.06. The van der Waals surface area contributed by atoms with Crippen LogP contribution in [0.3, 0.4) is 0 Å². The summed E-state index contributed by atoms with van der Waals surface area (Å²) in [5.41, 5.74) is 4.26. The number of aryl methyl sites for hydroxylation is 1. The number of aromatic amines is 1. The topological polar surface area (TPSA) is 82.1 Å².